The zero-order valence-corrected chi connectivity index (χ0v) is 12.0. The topological polar surface area (TPSA) is 15.3 Å². The van der Waals surface area contributed by atoms with Crippen LogP contribution in [0.25, 0.3) is 0 Å². The molecule has 2 nitrogen and oxygen atoms in total. The maximum atomic E-state index is 4.18. The predicted octanol–water partition coefficient (Wildman–Crippen LogP) is 3.05. The second-order valence-electron chi connectivity index (χ2n) is 6.22. The summed E-state index contributed by atoms with van der Waals surface area (Å²) in [6.45, 7) is 16.8. The second-order valence-corrected chi connectivity index (χ2v) is 6.22. The highest BCUT2D eigenvalue weighted by Crippen LogP contribution is 2.29. The molecule has 1 aliphatic heterocycles. The summed E-state index contributed by atoms with van der Waals surface area (Å²) in [4.78, 5) is 2.57. The van der Waals surface area contributed by atoms with Gasteiger partial charge in [-0.2, -0.15) is 0 Å². The Hall–Kier alpha value is -0.340. The van der Waals surface area contributed by atoms with Gasteiger partial charge in [-0.25, -0.2) is 0 Å². The summed E-state index contributed by atoms with van der Waals surface area (Å²) in [5, 5.41) is 3.43. The maximum Gasteiger partial charge on any atom is 0.0202 e. The summed E-state index contributed by atoms with van der Waals surface area (Å²) in [6, 6.07) is 0. The number of hydrogen-bond acceptors (Lipinski definition) is 2. The molecule has 0 unspecified atom stereocenters. The maximum absolute atomic E-state index is 4.18. The van der Waals surface area contributed by atoms with Crippen molar-refractivity contribution in [2.24, 2.45) is 5.41 Å². The standard InChI is InChI=1S/C15H30N2/c1-5-9-16-12-14(2)13-17-10-6-7-15(3,4)8-11-17/h16H,2,5-13H2,1,3-4H3. The zero-order valence-electron chi connectivity index (χ0n) is 12.0. The molecule has 1 aliphatic rings. The van der Waals surface area contributed by atoms with Gasteiger partial charge in [0.2, 0.25) is 0 Å². The van der Waals surface area contributed by atoms with Crippen molar-refractivity contribution in [3.05, 3.63) is 12.2 Å². The zero-order chi connectivity index (χ0) is 12.7. The van der Waals surface area contributed by atoms with Crippen molar-refractivity contribution >= 4 is 0 Å². The monoisotopic (exact) mass is 238 g/mol. The number of nitrogens with one attached hydrogen (secondary N) is 1. The molecule has 0 bridgehead atoms. The van der Waals surface area contributed by atoms with E-state index in [0.717, 1.165) is 19.6 Å². The van der Waals surface area contributed by atoms with Gasteiger partial charge >= 0.3 is 0 Å². The van der Waals surface area contributed by atoms with E-state index in [4.69, 9.17) is 0 Å². The van der Waals surface area contributed by atoms with Gasteiger partial charge in [-0.3, -0.25) is 4.90 Å². The van der Waals surface area contributed by atoms with E-state index >= 15 is 0 Å². The van der Waals surface area contributed by atoms with Crippen molar-refractivity contribution in [2.45, 2.75) is 46.5 Å². The molecule has 0 aromatic heterocycles. The number of nitrogens with zero attached hydrogens (tertiary/aromatic N) is 1. The highest BCUT2D eigenvalue weighted by Gasteiger charge is 2.22. The van der Waals surface area contributed by atoms with Crippen molar-refractivity contribution in [2.75, 3.05) is 32.7 Å². The van der Waals surface area contributed by atoms with Gasteiger partial charge in [0.05, 0.1) is 0 Å². The average molecular weight is 238 g/mol. The molecule has 0 aliphatic carbocycles. The first-order valence-electron chi connectivity index (χ1n) is 7.13. The number of hydrogen-bond donors (Lipinski definition) is 1. The van der Waals surface area contributed by atoms with Crippen LogP contribution in [0.5, 0.6) is 0 Å². The Morgan fingerprint density at radius 2 is 2.06 bits per heavy atom. The summed E-state index contributed by atoms with van der Waals surface area (Å²) >= 11 is 0. The van der Waals surface area contributed by atoms with E-state index in [1.807, 2.05) is 0 Å². The lowest BCUT2D eigenvalue weighted by Crippen LogP contribution is -2.30. The normalized spacial score (nSPS) is 21.1. The van der Waals surface area contributed by atoms with E-state index in [0.29, 0.717) is 5.41 Å². The van der Waals surface area contributed by atoms with Gasteiger partial charge in [-0.1, -0.05) is 27.4 Å². The predicted molar refractivity (Wildman–Crippen MR) is 76.4 cm³/mol. The van der Waals surface area contributed by atoms with Crippen LogP contribution >= 0.6 is 0 Å². The Morgan fingerprint density at radius 3 is 2.76 bits per heavy atom. The quantitative estimate of drug-likeness (QED) is 0.565. The fourth-order valence-electron chi connectivity index (χ4n) is 2.45. The molecule has 0 aromatic carbocycles. The molecule has 1 fully saturated rings. The van der Waals surface area contributed by atoms with Crippen molar-refractivity contribution in [1.82, 2.24) is 10.2 Å². The van der Waals surface area contributed by atoms with Crippen molar-refractivity contribution in [3.8, 4) is 0 Å². The van der Waals surface area contributed by atoms with E-state index in [1.165, 1.54) is 44.3 Å². The van der Waals surface area contributed by atoms with Crippen LogP contribution in [-0.4, -0.2) is 37.6 Å². The van der Waals surface area contributed by atoms with Crippen LogP contribution in [0.15, 0.2) is 12.2 Å². The molecular weight excluding hydrogens is 208 g/mol. The van der Waals surface area contributed by atoms with Crippen LogP contribution in [0.4, 0.5) is 0 Å². The van der Waals surface area contributed by atoms with Gasteiger partial charge in [0.15, 0.2) is 0 Å². The smallest absolute Gasteiger partial charge is 0.0202 e. The highest BCUT2D eigenvalue weighted by atomic mass is 15.1. The van der Waals surface area contributed by atoms with Gasteiger partial charge < -0.3 is 5.32 Å². The minimum atomic E-state index is 0.538. The third kappa shape index (κ3) is 6.23. The van der Waals surface area contributed by atoms with Crippen LogP contribution in [-0.2, 0) is 0 Å². The van der Waals surface area contributed by atoms with Crippen LogP contribution < -0.4 is 5.32 Å². The Labute approximate surface area is 107 Å². The minimum Gasteiger partial charge on any atom is -0.313 e. The van der Waals surface area contributed by atoms with Gasteiger partial charge in [-0.05, 0) is 56.3 Å². The Morgan fingerprint density at radius 1 is 1.29 bits per heavy atom. The Bertz CT molecular complexity index is 233. The van der Waals surface area contributed by atoms with E-state index < -0.39 is 0 Å². The van der Waals surface area contributed by atoms with E-state index in [2.05, 4.69) is 37.6 Å². The first-order chi connectivity index (χ1) is 8.03. The molecule has 0 saturated carbocycles. The fraction of sp³-hybridized carbons (Fsp3) is 0.867. The highest BCUT2D eigenvalue weighted by molar-refractivity contribution is 5.00. The lowest BCUT2D eigenvalue weighted by atomic mass is 9.85. The molecular formula is C15H30N2. The van der Waals surface area contributed by atoms with Gasteiger partial charge in [0.1, 0.15) is 0 Å². The summed E-state index contributed by atoms with van der Waals surface area (Å²) in [7, 11) is 0. The van der Waals surface area contributed by atoms with Gasteiger partial charge in [0.25, 0.3) is 0 Å². The van der Waals surface area contributed by atoms with E-state index in [9.17, 15) is 0 Å². The van der Waals surface area contributed by atoms with Crippen LogP contribution in [0, 0.1) is 5.41 Å². The van der Waals surface area contributed by atoms with Crippen LogP contribution in [0.1, 0.15) is 46.5 Å². The molecule has 17 heavy (non-hydrogen) atoms. The lowest BCUT2D eigenvalue weighted by Gasteiger charge is -2.24. The number of likely N-dealkylation sites (tertiary alicyclic amines) is 1. The molecule has 0 radical (unpaired) electrons. The molecule has 100 valence electrons. The Kier molecular flexibility index (Phi) is 6.21. The lowest BCUT2D eigenvalue weighted by molar-refractivity contribution is 0.276. The van der Waals surface area contributed by atoms with Gasteiger partial charge in [0, 0.05) is 13.1 Å². The molecule has 1 heterocycles. The van der Waals surface area contributed by atoms with Crippen molar-refractivity contribution in [3.63, 3.8) is 0 Å². The molecule has 0 amide bonds. The summed E-state index contributed by atoms with van der Waals surface area (Å²) in [6.07, 6.45) is 5.22. The van der Waals surface area contributed by atoms with E-state index in [-0.39, 0.29) is 0 Å². The largest absolute Gasteiger partial charge is 0.313 e. The molecule has 1 rings (SSSR count). The van der Waals surface area contributed by atoms with Crippen LogP contribution in [0.2, 0.25) is 0 Å². The summed E-state index contributed by atoms with van der Waals surface area (Å²) < 4.78 is 0. The van der Waals surface area contributed by atoms with Gasteiger partial charge in [-0.15, -0.1) is 0 Å². The molecule has 2 heteroatoms. The average Bonchev–Trinajstić information content (AvgIpc) is 2.41. The third-order valence-corrected chi connectivity index (χ3v) is 3.68. The first-order valence-corrected chi connectivity index (χ1v) is 7.13. The first kappa shape index (κ1) is 14.7. The minimum absolute atomic E-state index is 0.538. The molecule has 0 aromatic rings. The molecule has 0 spiro atoms. The van der Waals surface area contributed by atoms with Crippen molar-refractivity contribution in [1.29, 1.82) is 0 Å². The SMILES string of the molecule is C=C(CNCCC)CN1CCCC(C)(C)CC1. The molecule has 1 saturated heterocycles. The third-order valence-electron chi connectivity index (χ3n) is 3.68. The fourth-order valence-corrected chi connectivity index (χ4v) is 2.45. The Balaban J connectivity index is 2.24. The van der Waals surface area contributed by atoms with E-state index in [1.54, 1.807) is 0 Å². The summed E-state index contributed by atoms with van der Waals surface area (Å²) in [5.74, 6) is 0. The van der Waals surface area contributed by atoms with Crippen molar-refractivity contribution < 1.29 is 0 Å². The summed E-state index contributed by atoms with van der Waals surface area (Å²) in [5.41, 5.74) is 1.87. The molecule has 0 atom stereocenters. The second kappa shape index (κ2) is 7.17. The number of rotatable bonds is 6. The molecule has 1 N–H and O–H groups in total. The van der Waals surface area contributed by atoms with Crippen LogP contribution in [0.3, 0.4) is 0 Å².